The van der Waals surface area contributed by atoms with Crippen molar-refractivity contribution in [2.75, 3.05) is 39.8 Å². The molecule has 2 aliphatic rings. The van der Waals surface area contributed by atoms with Gasteiger partial charge in [0, 0.05) is 63.7 Å². The number of carbonyl (C=O) groups is 2. The summed E-state index contributed by atoms with van der Waals surface area (Å²) in [6.45, 7) is 4.73. The molecule has 2 heterocycles. The Labute approximate surface area is 148 Å². The van der Waals surface area contributed by atoms with Crippen LogP contribution in [0.1, 0.15) is 18.4 Å². The van der Waals surface area contributed by atoms with Crippen molar-refractivity contribution in [3.63, 3.8) is 0 Å². The topological polar surface area (TPSA) is 43.9 Å². The first-order chi connectivity index (χ1) is 11.5. The molecule has 2 amide bonds. The number of likely N-dealkylation sites (tertiary alicyclic amines) is 1. The molecule has 0 aliphatic carbocycles. The van der Waals surface area contributed by atoms with E-state index in [-0.39, 0.29) is 17.7 Å². The Bertz CT molecular complexity index is 614. The molecule has 1 aromatic rings. The smallest absolute Gasteiger partial charge is 0.226 e. The lowest BCUT2D eigenvalue weighted by molar-refractivity contribution is -0.145. The number of rotatable bonds is 3. The average Bonchev–Trinajstić information content (AvgIpc) is 2.57. The highest BCUT2D eigenvalue weighted by atomic mass is 35.5. The van der Waals surface area contributed by atoms with Gasteiger partial charge in [-0.2, -0.15) is 0 Å². The van der Waals surface area contributed by atoms with Crippen molar-refractivity contribution in [2.45, 2.75) is 19.4 Å². The van der Waals surface area contributed by atoms with E-state index in [1.807, 2.05) is 23.1 Å². The number of hydrogen-bond acceptors (Lipinski definition) is 3. The third-order valence-corrected chi connectivity index (χ3v) is 5.22. The molecular weight excluding hydrogens is 326 g/mol. The number of nitrogens with zero attached hydrogens (tertiary/aromatic N) is 3. The summed E-state index contributed by atoms with van der Waals surface area (Å²) in [5.74, 6) is 0.103. The van der Waals surface area contributed by atoms with Crippen LogP contribution in [0.15, 0.2) is 24.3 Å². The quantitative estimate of drug-likeness (QED) is 0.836. The maximum Gasteiger partial charge on any atom is 0.226 e. The van der Waals surface area contributed by atoms with Crippen LogP contribution in [-0.4, -0.2) is 66.3 Å². The molecule has 1 atom stereocenters. The van der Waals surface area contributed by atoms with Gasteiger partial charge in [0.25, 0.3) is 0 Å². The summed E-state index contributed by atoms with van der Waals surface area (Å²) in [6, 6.07) is 7.91. The van der Waals surface area contributed by atoms with E-state index in [1.54, 1.807) is 11.9 Å². The van der Waals surface area contributed by atoms with Crippen molar-refractivity contribution >= 4 is 23.4 Å². The van der Waals surface area contributed by atoms with Crippen molar-refractivity contribution in [1.82, 2.24) is 14.7 Å². The molecule has 0 bridgehead atoms. The predicted molar refractivity (Wildman–Crippen MR) is 93.7 cm³/mol. The summed E-state index contributed by atoms with van der Waals surface area (Å²) in [5, 5.41) is 0.758. The maximum atomic E-state index is 12.6. The first-order valence-corrected chi connectivity index (χ1v) is 8.90. The lowest BCUT2D eigenvalue weighted by Crippen LogP contribution is -2.51. The van der Waals surface area contributed by atoms with Gasteiger partial charge in [-0.05, 0) is 24.1 Å². The molecule has 0 spiro atoms. The number of piperazine rings is 1. The first-order valence-electron chi connectivity index (χ1n) is 8.52. The fourth-order valence-corrected chi connectivity index (χ4v) is 3.64. The van der Waals surface area contributed by atoms with Gasteiger partial charge in [-0.25, -0.2) is 0 Å². The molecule has 1 aromatic carbocycles. The van der Waals surface area contributed by atoms with E-state index in [2.05, 4.69) is 11.0 Å². The highest BCUT2D eigenvalue weighted by Crippen LogP contribution is 2.21. The molecular formula is C18H24ClN3O2. The van der Waals surface area contributed by atoms with Gasteiger partial charge >= 0.3 is 0 Å². The summed E-state index contributed by atoms with van der Waals surface area (Å²) in [5.41, 5.74) is 1.20. The number of piperidine rings is 1. The lowest BCUT2D eigenvalue weighted by atomic mass is 9.94. The minimum absolute atomic E-state index is 0.0826. The molecule has 2 saturated heterocycles. The number of hydrogen-bond donors (Lipinski definition) is 0. The molecule has 130 valence electrons. The zero-order chi connectivity index (χ0) is 17.1. The normalized spacial score (nSPS) is 22.8. The average molecular weight is 350 g/mol. The van der Waals surface area contributed by atoms with E-state index in [4.69, 9.17) is 11.6 Å². The van der Waals surface area contributed by atoms with E-state index in [1.165, 1.54) is 5.56 Å². The van der Waals surface area contributed by atoms with Crippen LogP contribution >= 0.6 is 11.6 Å². The molecule has 2 aliphatic heterocycles. The molecule has 3 rings (SSSR count). The van der Waals surface area contributed by atoms with Crippen LogP contribution in [-0.2, 0) is 16.1 Å². The standard InChI is InChI=1S/C18H24ClN3O2/c1-20-6-5-15(12-17(20)23)18(24)22-9-7-21(8-10-22)13-14-3-2-4-16(19)11-14/h2-4,11,15H,5-10,12-13H2,1H3/t15-/m1/s1. The van der Waals surface area contributed by atoms with Crippen LogP contribution in [0.2, 0.25) is 5.02 Å². The number of halogens is 1. The van der Waals surface area contributed by atoms with Crippen molar-refractivity contribution in [3.05, 3.63) is 34.9 Å². The zero-order valence-electron chi connectivity index (χ0n) is 14.1. The largest absolute Gasteiger partial charge is 0.346 e. The summed E-state index contributed by atoms with van der Waals surface area (Å²) < 4.78 is 0. The van der Waals surface area contributed by atoms with Crippen LogP contribution in [0.5, 0.6) is 0 Å². The maximum absolute atomic E-state index is 12.6. The predicted octanol–water partition coefficient (Wildman–Crippen LogP) is 1.85. The van der Waals surface area contributed by atoms with Gasteiger partial charge in [0.1, 0.15) is 0 Å². The number of amides is 2. The van der Waals surface area contributed by atoms with Gasteiger partial charge in [0.15, 0.2) is 0 Å². The summed E-state index contributed by atoms with van der Waals surface area (Å²) in [7, 11) is 1.80. The van der Waals surface area contributed by atoms with Crippen LogP contribution in [0.25, 0.3) is 0 Å². The van der Waals surface area contributed by atoms with Gasteiger partial charge in [-0.15, -0.1) is 0 Å². The summed E-state index contributed by atoms with van der Waals surface area (Å²) in [4.78, 5) is 30.4. The monoisotopic (exact) mass is 349 g/mol. The van der Waals surface area contributed by atoms with Crippen molar-refractivity contribution in [2.24, 2.45) is 5.92 Å². The Morgan fingerprint density at radius 3 is 2.62 bits per heavy atom. The molecule has 0 radical (unpaired) electrons. The molecule has 24 heavy (non-hydrogen) atoms. The fourth-order valence-electron chi connectivity index (χ4n) is 3.43. The summed E-state index contributed by atoms with van der Waals surface area (Å²) >= 11 is 6.03. The van der Waals surface area contributed by atoms with Gasteiger partial charge in [-0.3, -0.25) is 14.5 Å². The van der Waals surface area contributed by atoms with Gasteiger partial charge in [0.2, 0.25) is 11.8 Å². The fraction of sp³-hybridized carbons (Fsp3) is 0.556. The van der Waals surface area contributed by atoms with E-state index >= 15 is 0 Å². The van der Waals surface area contributed by atoms with Crippen LogP contribution in [0.3, 0.4) is 0 Å². The third kappa shape index (κ3) is 4.08. The van der Waals surface area contributed by atoms with Crippen molar-refractivity contribution < 1.29 is 9.59 Å². The minimum Gasteiger partial charge on any atom is -0.346 e. The van der Waals surface area contributed by atoms with E-state index in [9.17, 15) is 9.59 Å². The second-order valence-corrected chi connectivity index (χ2v) is 7.17. The Kier molecular flexibility index (Phi) is 5.41. The molecule has 0 N–H and O–H groups in total. The zero-order valence-corrected chi connectivity index (χ0v) is 14.8. The molecule has 5 nitrogen and oxygen atoms in total. The highest BCUT2D eigenvalue weighted by Gasteiger charge is 2.32. The molecule has 0 unspecified atom stereocenters. The van der Waals surface area contributed by atoms with Gasteiger partial charge < -0.3 is 9.80 Å². The summed E-state index contributed by atoms with van der Waals surface area (Å²) in [6.07, 6.45) is 1.14. The Balaban J connectivity index is 1.49. The molecule has 0 saturated carbocycles. The minimum atomic E-state index is -0.131. The van der Waals surface area contributed by atoms with Crippen molar-refractivity contribution in [1.29, 1.82) is 0 Å². The van der Waals surface area contributed by atoms with Gasteiger partial charge in [-0.1, -0.05) is 23.7 Å². The Morgan fingerprint density at radius 1 is 1.21 bits per heavy atom. The number of benzene rings is 1. The van der Waals surface area contributed by atoms with Crippen LogP contribution in [0.4, 0.5) is 0 Å². The first kappa shape index (κ1) is 17.2. The Hall–Kier alpha value is -1.59. The lowest BCUT2D eigenvalue weighted by Gasteiger charge is -2.38. The highest BCUT2D eigenvalue weighted by molar-refractivity contribution is 6.30. The van der Waals surface area contributed by atoms with E-state index in [0.29, 0.717) is 13.0 Å². The van der Waals surface area contributed by atoms with E-state index < -0.39 is 0 Å². The number of carbonyl (C=O) groups excluding carboxylic acids is 2. The van der Waals surface area contributed by atoms with Gasteiger partial charge in [0.05, 0.1) is 0 Å². The molecule has 0 aromatic heterocycles. The second kappa shape index (κ2) is 7.53. The second-order valence-electron chi connectivity index (χ2n) is 6.74. The van der Waals surface area contributed by atoms with Crippen LogP contribution in [0, 0.1) is 5.92 Å². The SMILES string of the molecule is CN1CC[C@@H](C(=O)N2CCN(Cc3cccc(Cl)c3)CC2)CC1=O. The molecule has 6 heteroatoms. The van der Waals surface area contributed by atoms with E-state index in [0.717, 1.165) is 44.2 Å². The van der Waals surface area contributed by atoms with Crippen molar-refractivity contribution in [3.8, 4) is 0 Å². The molecule has 2 fully saturated rings. The third-order valence-electron chi connectivity index (χ3n) is 4.99. The Morgan fingerprint density at radius 2 is 1.96 bits per heavy atom. The van der Waals surface area contributed by atoms with Crippen LogP contribution < -0.4 is 0 Å².